The van der Waals surface area contributed by atoms with Gasteiger partial charge in [0.2, 0.25) is 5.91 Å². The minimum Gasteiger partial charge on any atom is -0.462 e. The van der Waals surface area contributed by atoms with Gasteiger partial charge in [-0.05, 0) is 26.0 Å². The van der Waals surface area contributed by atoms with E-state index in [-0.39, 0.29) is 5.91 Å². The molecule has 0 unspecified atom stereocenters. The van der Waals surface area contributed by atoms with E-state index in [2.05, 4.69) is 5.32 Å². The van der Waals surface area contributed by atoms with Gasteiger partial charge < -0.3 is 15.5 Å². The minimum atomic E-state index is -0.585. The standard InChI is InChI=1S/C13H16N2O2/c1-13(2,8-14)12(16)15-10-7-17-11-6-4-3-5-9(10)11/h3-7H,8,14H2,1-2H3,(H,15,16). The van der Waals surface area contributed by atoms with Crippen molar-refractivity contribution in [3.63, 3.8) is 0 Å². The Kier molecular flexibility index (Phi) is 2.90. The Morgan fingerprint density at radius 3 is 2.82 bits per heavy atom. The monoisotopic (exact) mass is 232 g/mol. The Bertz CT molecular complexity index is 543. The van der Waals surface area contributed by atoms with Gasteiger partial charge >= 0.3 is 0 Å². The van der Waals surface area contributed by atoms with Gasteiger partial charge in [0, 0.05) is 11.9 Å². The van der Waals surface area contributed by atoms with Crippen LogP contribution in [0.2, 0.25) is 0 Å². The van der Waals surface area contributed by atoms with E-state index in [0.717, 1.165) is 11.0 Å². The first kappa shape index (κ1) is 11.7. The molecule has 0 fully saturated rings. The fourth-order valence-electron chi connectivity index (χ4n) is 1.46. The molecule has 2 aromatic rings. The molecule has 3 N–H and O–H groups in total. The van der Waals surface area contributed by atoms with Crippen molar-refractivity contribution in [2.24, 2.45) is 11.1 Å². The van der Waals surface area contributed by atoms with Crippen LogP contribution in [0.15, 0.2) is 34.9 Å². The van der Waals surface area contributed by atoms with Crippen molar-refractivity contribution in [2.75, 3.05) is 11.9 Å². The molecule has 17 heavy (non-hydrogen) atoms. The lowest BCUT2D eigenvalue weighted by Gasteiger charge is -2.20. The van der Waals surface area contributed by atoms with E-state index < -0.39 is 5.41 Å². The highest BCUT2D eigenvalue weighted by molar-refractivity contribution is 6.02. The molecular formula is C13H16N2O2. The van der Waals surface area contributed by atoms with Crippen molar-refractivity contribution in [1.82, 2.24) is 0 Å². The number of rotatable bonds is 3. The van der Waals surface area contributed by atoms with Gasteiger partial charge in [0.15, 0.2) is 0 Å². The highest BCUT2D eigenvalue weighted by atomic mass is 16.3. The second kappa shape index (κ2) is 4.22. The number of hydrogen-bond donors (Lipinski definition) is 2. The smallest absolute Gasteiger partial charge is 0.231 e. The maximum atomic E-state index is 12.0. The third-order valence-electron chi connectivity index (χ3n) is 2.85. The molecule has 0 aliphatic carbocycles. The first-order valence-electron chi connectivity index (χ1n) is 5.52. The Morgan fingerprint density at radius 1 is 1.41 bits per heavy atom. The molecule has 1 heterocycles. The van der Waals surface area contributed by atoms with Gasteiger partial charge in [-0.1, -0.05) is 12.1 Å². The predicted molar refractivity (Wildman–Crippen MR) is 67.7 cm³/mol. The molecule has 4 heteroatoms. The normalized spacial score (nSPS) is 11.7. The molecule has 0 saturated heterocycles. The van der Waals surface area contributed by atoms with Gasteiger partial charge in [-0.15, -0.1) is 0 Å². The Morgan fingerprint density at radius 2 is 2.12 bits per heavy atom. The van der Waals surface area contributed by atoms with Crippen molar-refractivity contribution < 1.29 is 9.21 Å². The van der Waals surface area contributed by atoms with E-state index in [1.165, 1.54) is 0 Å². The maximum absolute atomic E-state index is 12.0. The predicted octanol–water partition coefficient (Wildman–Crippen LogP) is 2.36. The zero-order valence-electron chi connectivity index (χ0n) is 9.99. The number of benzene rings is 1. The average molecular weight is 232 g/mol. The number of para-hydroxylation sites is 1. The van der Waals surface area contributed by atoms with Gasteiger partial charge in [0.1, 0.15) is 11.8 Å². The van der Waals surface area contributed by atoms with E-state index in [0.29, 0.717) is 12.2 Å². The summed E-state index contributed by atoms with van der Waals surface area (Å²) in [6, 6.07) is 7.56. The number of anilines is 1. The number of carbonyl (C=O) groups is 1. The van der Waals surface area contributed by atoms with Crippen LogP contribution in [0.25, 0.3) is 11.0 Å². The summed E-state index contributed by atoms with van der Waals surface area (Å²) < 4.78 is 5.35. The van der Waals surface area contributed by atoms with Crippen LogP contribution in [0.3, 0.4) is 0 Å². The molecule has 0 aliphatic heterocycles. The first-order valence-corrected chi connectivity index (χ1v) is 5.52. The zero-order valence-corrected chi connectivity index (χ0v) is 9.99. The second-order valence-corrected chi connectivity index (χ2v) is 4.69. The number of hydrogen-bond acceptors (Lipinski definition) is 3. The molecule has 90 valence electrons. The van der Waals surface area contributed by atoms with Crippen LogP contribution in [0.4, 0.5) is 5.69 Å². The molecule has 2 rings (SSSR count). The van der Waals surface area contributed by atoms with Gasteiger partial charge in [-0.3, -0.25) is 4.79 Å². The number of furan rings is 1. The molecule has 1 aromatic heterocycles. The Balaban J connectivity index is 2.28. The third kappa shape index (κ3) is 2.17. The molecule has 4 nitrogen and oxygen atoms in total. The Labute approximate surface area is 99.8 Å². The summed E-state index contributed by atoms with van der Waals surface area (Å²) >= 11 is 0. The van der Waals surface area contributed by atoms with Gasteiger partial charge in [0.05, 0.1) is 11.1 Å². The summed E-state index contributed by atoms with van der Waals surface area (Å²) in [6.07, 6.45) is 1.55. The lowest BCUT2D eigenvalue weighted by atomic mass is 9.92. The zero-order chi connectivity index (χ0) is 12.5. The van der Waals surface area contributed by atoms with Gasteiger partial charge in [-0.2, -0.15) is 0 Å². The molecule has 0 spiro atoms. The number of carbonyl (C=O) groups excluding carboxylic acids is 1. The van der Waals surface area contributed by atoms with Crippen LogP contribution in [0, 0.1) is 5.41 Å². The fourth-order valence-corrected chi connectivity index (χ4v) is 1.46. The average Bonchev–Trinajstić information content (AvgIpc) is 2.73. The van der Waals surface area contributed by atoms with Crippen LogP contribution >= 0.6 is 0 Å². The number of amides is 1. The van der Waals surface area contributed by atoms with Crippen LogP contribution in [-0.4, -0.2) is 12.5 Å². The van der Waals surface area contributed by atoms with Crippen LogP contribution < -0.4 is 11.1 Å². The molecule has 0 radical (unpaired) electrons. The first-order chi connectivity index (χ1) is 8.04. The van der Waals surface area contributed by atoms with E-state index in [1.54, 1.807) is 6.26 Å². The quantitative estimate of drug-likeness (QED) is 0.853. The van der Waals surface area contributed by atoms with Crippen molar-refractivity contribution >= 4 is 22.6 Å². The molecule has 0 atom stereocenters. The number of fused-ring (bicyclic) bond motifs is 1. The van der Waals surface area contributed by atoms with Crippen LogP contribution in [0.5, 0.6) is 0 Å². The van der Waals surface area contributed by atoms with E-state index in [9.17, 15) is 4.79 Å². The molecule has 0 aliphatic rings. The Hall–Kier alpha value is -1.81. The van der Waals surface area contributed by atoms with E-state index in [1.807, 2.05) is 38.1 Å². The summed E-state index contributed by atoms with van der Waals surface area (Å²) in [6.45, 7) is 3.92. The molecule has 0 bridgehead atoms. The highest BCUT2D eigenvalue weighted by Gasteiger charge is 2.26. The van der Waals surface area contributed by atoms with Crippen molar-refractivity contribution in [2.45, 2.75) is 13.8 Å². The van der Waals surface area contributed by atoms with E-state index in [4.69, 9.17) is 10.2 Å². The molecular weight excluding hydrogens is 216 g/mol. The van der Waals surface area contributed by atoms with E-state index >= 15 is 0 Å². The summed E-state index contributed by atoms with van der Waals surface area (Å²) in [5, 5.41) is 3.74. The summed E-state index contributed by atoms with van der Waals surface area (Å²) in [5.74, 6) is -0.105. The summed E-state index contributed by atoms with van der Waals surface area (Å²) in [7, 11) is 0. The SMILES string of the molecule is CC(C)(CN)C(=O)Nc1coc2ccccc12. The lowest BCUT2D eigenvalue weighted by molar-refractivity contribution is -0.123. The largest absolute Gasteiger partial charge is 0.462 e. The van der Waals surface area contributed by atoms with Crippen molar-refractivity contribution in [3.8, 4) is 0 Å². The summed E-state index contributed by atoms with van der Waals surface area (Å²) in [5.41, 5.74) is 6.42. The van der Waals surface area contributed by atoms with Gasteiger partial charge in [0.25, 0.3) is 0 Å². The van der Waals surface area contributed by atoms with Crippen LogP contribution in [-0.2, 0) is 4.79 Å². The minimum absolute atomic E-state index is 0.105. The molecule has 1 amide bonds. The highest BCUT2D eigenvalue weighted by Crippen LogP contribution is 2.27. The fraction of sp³-hybridized carbons (Fsp3) is 0.308. The third-order valence-corrected chi connectivity index (χ3v) is 2.85. The summed E-state index contributed by atoms with van der Waals surface area (Å²) in [4.78, 5) is 12.0. The second-order valence-electron chi connectivity index (χ2n) is 4.69. The lowest BCUT2D eigenvalue weighted by Crippen LogP contribution is -2.37. The molecule has 1 aromatic carbocycles. The topological polar surface area (TPSA) is 68.3 Å². The van der Waals surface area contributed by atoms with Crippen LogP contribution in [0.1, 0.15) is 13.8 Å². The number of nitrogens with two attached hydrogens (primary N) is 1. The van der Waals surface area contributed by atoms with Crippen molar-refractivity contribution in [1.29, 1.82) is 0 Å². The van der Waals surface area contributed by atoms with Crippen molar-refractivity contribution in [3.05, 3.63) is 30.5 Å². The van der Waals surface area contributed by atoms with Gasteiger partial charge in [-0.25, -0.2) is 0 Å². The number of nitrogens with one attached hydrogen (secondary N) is 1. The molecule has 0 saturated carbocycles. The maximum Gasteiger partial charge on any atom is 0.231 e.